The number of rotatable bonds is 14. The summed E-state index contributed by atoms with van der Waals surface area (Å²) in [5.41, 5.74) is 0. The van der Waals surface area contributed by atoms with Crippen LogP contribution >= 0.6 is 0 Å². The van der Waals surface area contributed by atoms with Gasteiger partial charge >= 0.3 is 16.4 Å². The van der Waals surface area contributed by atoms with Crippen LogP contribution in [0.2, 0.25) is 0 Å². The van der Waals surface area contributed by atoms with Crippen molar-refractivity contribution in [3.8, 4) is 0 Å². The topological polar surface area (TPSA) is 83.9 Å². The Bertz CT molecular complexity index is 389. The zero-order valence-corrected chi connectivity index (χ0v) is 17.4. The summed E-state index contributed by atoms with van der Waals surface area (Å²) in [5, 5.41) is 0. The first kappa shape index (κ1) is 26.6. The van der Waals surface area contributed by atoms with Crippen LogP contribution in [0.1, 0.15) is 91.9 Å². The van der Waals surface area contributed by atoms with Gasteiger partial charge in [-0.25, -0.2) is 0 Å². The molecule has 0 aliphatic rings. The molecule has 25 heavy (non-hydrogen) atoms. The maximum absolute atomic E-state index is 10.9. The van der Waals surface area contributed by atoms with Crippen LogP contribution in [0.3, 0.4) is 0 Å². The lowest BCUT2D eigenvalue weighted by Crippen LogP contribution is -2.21. The Morgan fingerprint density at radius 3 is 1.52 bits per heavy atom. The minimum Gasteiger partial charge on any atom is -0.325 e. The van der Waals surface area contributed by atoms with Crippen molar-refractivity contribution in [2.45, 2.75) is 91.9 Å². The minimum absolute atomic E-state index is 0.0373. The number of hydrogen-bond acceptors (Lipinski definition) is 5. The van der Waals surface area contributed by atoms with Crippen molar-refractivity contribution in [2.24, 2.45) is 0 Å². The summed E-state index contributed by atoms with van der Waals surface area (Å²) in [4.78, 5) is 13.3. The molecule has 7 heteroatoms. The van der Waals surface area contributed by atoms with Crippen molar-refractivity contribution in [2.75, 3.05) is 19.6 Å². The zero-order chi connectivity index (χ0) is 19.6. The number of nitrogens with zero attached hydrogens (tertiary/aromatic N) is 1. The lowest BCUT2D eigenvalue weighted by Gasteiger charge is -2.13. The van der Waals surface area contributed by atoms with Crippen LogP contribution in [0.25, 0.3) is 0 Å². The first-order valence-electron chi connectivity index (χ1n) is 9.72. The van der Waals surface area contributed by atoms with E-state index in [1.165, 1.54) is 51.7 Å². The molecule has 0 bridgehead atoms. The van der Waals surface area contributed by atoms with Gasteiger partial charge in [0.15, 0.2) is 0 Å². The second-order valence-corrected chi connectivity index (χ2v) is 7.10. The largest absolute Gasteiger partial charge is 0.448 e. The molecule has 0 aromatic carbocycles. The van der Waals surface area contributed by atoms with E-state index in [0.29, 0.717) is 6.42 Å². The molecule has 0 rings (SSSR count). The third-order valence-corrected chi connectivity index (χ3v) is 4.42. The Morgan fingerprint density at radius 2 is 1.20 bits per heavy atom. The van der Waals surface area contributed by atoms with Crippen molar-refractivity contribution in [1.82, 2.24) is 4.90 Å². The number of unbranched alkanes of at least 4 members (excludes halogenated alkanes) is 8. The average molecular weight is 382 g/mol. The van der Waals surface area contributed by atoms with E-state index in [1.807, 2.05) is 0 Å². The fraction of sp³-hybridized carbons (Fsp3) is 0.944. The molecule has 0 amide bonds. The molecular weight excluding hydrogens is 342 g/mol. The molecule has 0 aromatic heterocycles. The molecule has 0 fully saturated rings. The lowest BCUT2D eigenvalue weighted by atomic mass is 10.1. The van der Waals surface area contributed by atoms with Crippen molar-refractivity contribution in [3.63, 3.8) is 0 Å². The molecule has 0 saturated heterocycles. The molecule has 0 unspecified atom stereocenters. The van der Waals surface area contributed by atoms with Gasteiger partial charge in [0.25, 0.3) is 0 Å². The van der Waals surface area contributed by atoms with Gasteiger partial charge in [-0.05, 0) is 26.1 Å². The molecule has 0 aliphatic heterocycles. The Kier molecular flexibility index (Phi) is 19.3. The molecule has 1 N–H and O–H groups in total. The summed E-state index contributed by atoms with van der Waals surface area (Å²) in [6, 6.07) is 0. The van der Waals surface area contributed by atoms with Gasteiger partial charge in [-0.2, -0.15) is 8.42 Å². The van der Waals surface area contributed by atoms with Crippen molar-refractivity contribution in [3.05, 3.63) is 0 Å². The highest BCUT2D eigenvalue weighted by Gasteiger charge is 2.12. The summed E-state index contributed by atoms with van der Waals surface area (Å²) >= 11 is 0. The standard InChI is InChI=1S/C12H24O5S.C6H15N/c1-2-3-4-5-6-7-8-9-10-11-12(13)17-18(14,15)16;1-4-7(5-2)6-3/h2-11H2,1H3,(H,14,15,16);4-6H2,1-3H3. The Labute approximate surface area is 155 Å². The van der Waals surface area contributed by atoms with E-state index in [0.717, 1.165) is 19.3 Å². The maximum Gasteiger partial charge on any atom is 0.448 e. The molecule has 0 radical (unpaired) electrons. The van der Waals surface area contributed by atoms with Gasteiger partial charge in [-0.1, -0.05) is 79.1 Å². The minimum atomic E-state index is -4.63. The van der Waals surface area contributed by atoms with Gasteiger partial charge in [-0.15, -0.1) is 0 Å². The molecule has 0 saturated carbocycles. The zero-order valence-electron chi connectivity index (χ0n) is 16.6. The highest BCUT2D eigenvalue weighted by molar-refractivity contribution is 7.81. The van der Waals surface area contributed by atoms with E-state index >= 15 is 0 Å². The monoisotopic (exact) mass is 381 g/mol. The van der Waals surface area contributed by atoms with Crippen LogP contribution in [0, 0.1) is 0 Å². The summed E-state index contributed by atoms with van der Waals surface area (Å²) in [5.74, 6) is -0.888. The summed E-state index contributed by atoms with van der Waals surface area (Å²) in [6.45, 7) is 12.3. The summed E-state index contributed by atoms with van der Waals surface area (Å²) < 4.78 is 32.5. The summed E-state index contributed by atoms with van der Waals surface area (Å²) in [7, 11) is -4.63. The normalized spacial score (nSPS) is 11.1. The van der Waals surface area contributed by atoms with Crippen molar-refractivity contribution >= 4 is 16.4 Å². The smallest absolute Gasteiger partial charge is 0.325 e. The van der Waals surface area contributed by atoms with Crippen LogP contribution in [-0.4, -0.2) is 43.5 Å². The third kappa shape index (κ3) is 23.3. The van der Waals surface area contributed by atoms with Gasteiger partial charge < -0.3 is 9.08 Å². The second-order valence-electron chi connectivity index (χ2n) is 6.08. The number of carbonyl (C=O) groups excluding carboxylic acids is 1. The quantitative estimate of drug-likeness (QED) is 0.350. The van der Waals surface area contributed by atoms with Crippen LogP contribution in [0.4, 0.5) is 0 Å². The van der Waals surface area contributed by atoms with E-state index in [9.17, 15) is 13.2 Å². The Balaban J connectivity index is 0. The van der Waals surface area contributed by atoms with E-state index in [1.54, 1.807) is 0 Å². The Morgan fingerprint density at radius 1 is 0.800 bits per heavy atom. The fourth-order valence-electron chi connectivity index (χ4n) is 2.41. The van der Waals surface area contributed by atoms with Crippen LogP contribution in [0.5, 0.6) is 0 Å². The molecule has 0 spiro atoms. The SMILES string of the molecule is CCCCCCCCCCCC(=O)OS(=O)(=O)O.CCN(CC)CC. The molecule has 0 aromatic rings. The second kappa shape index (κ2) is 18.1. The molecule has 6 nitrogen and oxygen atoms in total. The summed E-state index contributed by atoms with van der Waals surface area (Å²) in [6.07, 6.45) is 10.0. The van der Waals surface area contributed by atoms with Crippen LogP contribution in [0.15, 0.2) is 0 Å². The van der Waals surface area contributed by atoms with Gasteiger partial charge in [-0.3, -0.25) is 9.35 Å². The van der Waals surface area contributed by atoms with Crippen LogP contribution < -0.4 is 0 Å². The van der Waals surface area contributed by atoms with E-state index < -0.39 is 16.4 Å². The average Bonchev–Trinajstić information content (AvgIpc) is 2.54. The van der Waals surface area contributed by atoms with E-state index in [-0.39, 0.29) is 6.42 Å². The first-order chi connectivity index (χ1) is 11.8. The van der Waals surface area contributed by atoms with Crippen LogP contribution in [-0.2, 0) is 19.4 Å². The van der Waals surface area contributed by atoms with E-state index in [4.69, 9.17) is 4.55 Å². The fourth-order valence-corrected chi connectivity index (χ4v) is 2.73. The predicted molar refractivity (Wildman–Crippen MR) is 103 cm³/mol. The third-order valence-electron chi connectivity index (χ3n) is 4.02. The predicted octanol–water partition coefficient (Wildman–Crippen LogP) is 4.60. The molecule has 0 atom stereocenters. The van der Waals surface area contributed by atoms with Gasteiger partial charge in [0, 0.05) is 6.42 Å². The van der Waals surface area contributed by atoms with Gasteiger partial charge in [0.2, 0.25) is 0 Å². The van der Waals surface area contributed by atoms with Gasteiger partial charge in [0.05, 0.1) is 0 Å². The maximum atomic E-state index is 10.9. The van der Waals surface area contributed by atoms with E-state index in [2.05, 4.69) is 36.8 Å². The van der Waals surface area contributed by atoms with Gasteiger partial charge in [0.1, 0.15) is 0 Å². The first-order valence-corrected chi connectivity index (χ1v) is 11.1. The van der Waals surface area contributed by atoms with Crippen molar-refractivity contribution < 1.29 is 21.9 Å². The molecular formula is C18H39NO5S. The van der Waals surface area contributed by atoms with Crippen molar-refractivity contribution in [1.29, 1.82) is 0 Å². The molecule has 0 aliphatic carbocycles. The molecule has 0 heterocycles. The highest BCUT2D eigenvalue weighted by atomic mass is 32.3. The highest BCUT2D eigenvalue weighted by Crippen LogP contribution is 2.10. The molecule has 152 valence electrons. The number of hydrogen-bond donors (Lipinski definition) is 1. The Hall–Kier alpha value is -0.660. The number of carbonyl (C=O) groups is 1. The lowest BCUT2D eigenvalue weighted by molar-refractivity contribution is -0.134.